The van der Waals surface area contributed by atoms with Crippen molar-refractivity contribution in [1.82, 2.24) is 4.98 Å². The molecule has 4 rings (SSSR count). The van der Waals surface area contributed by atoms with E-state index < -0.39 is 0 Å². The fourth-order valence-electron chi connectivity index (χ4n) is 3.47. The number of rotatable bonds is 5. The molecule has 0 aliphatic carbocycles. The van der Waals surface area contributed by atoms with Crippen LogP contribution in [-0.4, -0.2) is 24.0 Å². The van der Waals surface area contributed by atoms with Gasteiger partial charge in [-0.3, -0.25) is 9.78 Å². The van der Waals surface area contributed by atoms with Crippen LogP contribution in [0.4, 0.5) is 27.1 Å². The van der Waals surface area contributed by atoms with Crippen molar-refractivity contribution in [2.45, 2.75) is 19.3 Å². The first-order valence-corrected chi connectivity index (χ1v) is 9.82. The Labute approximate surface area is 169 Å². The number of nitrogens with one attached hydrogen (secondary N) is 2. The van der Waals surface area contributed by atoms with Crippen LogP contribution in [0.2, 0.25) is 0 Å². The Hall–Kier alpha value is -3.41. The fraction of sp³-hybridized carbons (Fsp3) is 0.217. The predicted octanol–water partition coefficient (Wildman–Crippen LogP) is 5.21. The SMILES string of the molecule is O=C(Nc1ccc(N2CCCCC2)cc1)c1cc(Nc2cccc(F)c2)ccn1. The third-order valence-electron chi connectivity index (χ3n) is 4.95. The standard InChI is InChI=1S/C23H23FN4O/c24-17-5-4-6-19(15-17)26-20-11-12-25-22(16-20)23(29)27-18-7-9-21(10-8-18)28-13-2-1-3-14-28/h4-12,15-16H,1-3,13-14H2,(H,25,26)(H,27,29). The number of hydrogen-bond acceptors (Lipinski definition) is 4. The lowest BCUT2D eigenvalue weighted by molar-refractivity contribution is 0.102. The average molecular weight is 390 g/mol. The van der Waals surface area contributed by atoms with Crippen LogP contribution in [0.1, 0.15) is 29.8 Å². The Morgan fingerprint density at radius 3 is 2.41 bits per heavy atom. The van der Waals surface area contributed by atoms with E-state index >= 15 is 0 Å². The lowest BCUT2D eigenvalue weighted by Gasteiger charge is -2.28. The number of pyridine rings is 1. The van der Waals surface area contributed by atoms with Crippen LogP contribution < -0.4 is 15.5 Å². The lowest BCUT2D eigenvalue weighted by atomic mass is 10.1. The van der Waals surface area contributed by atoms with Crippen LogP contribution in [0.25, 0.3) is 0 Å². The van der Waals surface area contributed by atoms with E-state index in [-0.39, 0.29) is 17.4 Å². The van der Waals surface area contributed by atoms with E-state index in [2.05, 4.69) is 20.5 Å². The molecule has 1 aliphatic rings. The smallest absolute Gasteiger partial charge is 0.274 e. The predicted molar refractivity (Wildman–Crippen MR) is 114 cm³/mol. The maximum absolute atomic E-state index is 13.3. The van der Waals surface area contributed by atoms with E-state index in [0.717, 1.165) is 18.8 Å². The molecule has 0 unspecified atom stereocenters. The van der Waals surface area contributed by atoms with Gasteiger partial charge in [-0.05, 0) is 73.9 Å². The second-order valence-corrected chi connectivity index (χ2v) is 7.11. The summed E-state index contributed by atoms with van der Waals surface area (Å²) in [5, 5.41) is 5.96. The summed E-state index contributed by atoms with van der Waals surface area (Å²) in [6.07, 6.45) is 5.30. The molecule has 1 saturated heterocycles. The van der Waals surface area contributed by atoms with E-state index in [9.17, 15) is 9.18 Å². The van der Waals surface area contributed by atoms with Crippen molar-refractivity contribution in [2.75, 3.05) is 28.6 Å². The molecule has 1 amide bonds. The molecule has 0 spiro atoms. The second kappa shape index (κ2) is 8.73. The third kappa shape index (κ3) is 4.90. The Kier molecular flexibility index (Phi) is 5.70. The number of carbonyl (C=O) groups is 1. The first-order valence-electron chi connectivity index (χ1n) is 9.82. The highest BCUT2D eigenvalue weighted by Crippen LogP contribution is 2.22. The summed E-state index contributed by atoms with van der Waals surface area (Å²) in [4.78, 5) is 19.1. The van der Waals surface area contributed by atoms with Gasteiger partial charge in [-0.2, -0.15) is 0 Å². The number of piperidine rings is 1. The minimum absolute atomic E-state index is 0.284. The Morgan fingerprint density at radius 1 is 0.897 bits per heavy atom. The summed E-state index contributed by atoms with van der Waals surface area (Å²) in [5.74, 6) is -0.617. The summed E-state index contributed by atoms with van der Waals surface area (Å²) in [6, 6.07) is 17.4. The number of anilines is 4. The van der Waals surface area contributed by atoms with Gasteiger partial charge in [0.1, 0.15) is 11.5 Å². The van der Waals surface area contributed by atoms with Crippen molar-refractivity contribution >= 4 is 28.7 Å². The van der Waals surface area contributed by atoms with Gasteiger partial charge >= 0.3 is 0 Å². The summed E-state index contributed by atoms with van der Waals surface area (Å²) in [7, 11) is 0. The highest BCUT2D eigenvalue weighted by Gasteiger charge is 2.12. The third-order valence-corrected chi connectivity index (χ3v) is 4.95. The first kappa shape index (κ1) is 18.9. The topological polar surface area (TPSA) is 57.3 Å². The highest BCUT2D eigenvalue weighted by molar-refractivity contribution is 6.03. The molecule has 29 heavy (non-hydrogen) atoms. The van der Waals surface area contributed by atoms with Crippen LogP contribution in [0, 0.1) is 5.82 Å². The molecule has 2 N–H and O–H groups in total. The van der Waals surface area contributed by atoms with E-state index in [1.165, 1.54) is 37.1 Å². The van der Waals surface area contributed by atoms with Gasteiger partial charge in [0, 0.05) is 42.0 Å². The summed E-state index contributed by atoms with van der Waals surface area (Å²) in [6.45, 7) is 2.17. The minimum Gasteiger partial charge on any atom is -0.372 e. The Balaban J connectivity index is 1.41. The number of hydrogen-bond donors (Lipinski definition) is 2. The molecule has 0 bridgehead atoms. The van der Waals surface area contributed by atoms with Crippen LogP contribution >= 0.6 is 0 Å². The van der Waals surface area contributed by atoms with Crippen LogP contribution in [-0.2, 0) is 0 Å². The molecule has 2 heterocycles. The van der Waals surface area contributed by atoms with E-state index in [1.54, 1.807) is 30.5 Å². The van der Waals surface area contributed by atoms with Crippen LogP contribution in [0.3, 0.4) is 0 Å². The molecule has 0 radical (unpaired) electrons. The summed E-state index contributed by atoms with van der Waals surface area (Å²) >= 11 is 0. The van der Waals surface area contributed by atoms with E-state index in [1.807, 2.05) is 24.3 Å². The van der Waals surface area contributed by atoms with Crippen molar-refractivity contribution < 1.29 is 9.18 Å². The zero-order chi connectivity index (χ0) is 20.1. The van der Waals surface area contributed by atoms with Crippen LogP contribution in [0.5, 0.6) is 0 Å². The van der Waals surface area contributed by atoms with E-state index in [0.29, 0.717) is 11.4 Å². The molecule has 0 atom stereocenters. The number of aromatic nitrogens is 1. The van der Waals surface area contributed by atoms with Crippen molar-refractivity contribution in [3.05, 3.63) is 78.4 Å². The number of amides is 1. The minimum atomic E-state index is -0.324. The molecular weight excluding hydrogens is 367 g/mol. The van der Waals surface area contributed by atoms with Crippen molar-refractivity contribution in [1.29, 1.82) is 0 Å². The number of halogens is 1. The molecule has 148 valence electrons. The molecule has 6 heteroatoms. The second-order valence-electron chi connectivity index (χ2n) is 7.11. The molecule has 1 aromatic heterocycles. The molecule has 2 aromatic carbocycles. The van der Waals surface area contributed by atoms with Crippen molar-refractivity contribution in [2.24, 2.45) is 0 Å². The average Bonchev–Trinajstić information content (AvgIpc) is 2.75. The number of carbonyl (C=O) groups excluding carboxylic acids is 1. The van der Waals surface area contributed by atoms with Crippen molar-refractivity contribution in [3.8, 4) is 0 Å². The maximum atomic E-state index is 13.3. The zero-order valence-corrected chi connectivity index (χ0v) is 16.1. The number of benzene rings is 2. The van der Waals surface area contributed by atoms with Gasteiger partial charge in [-0.1, -0.05) is 6.07 Å². The van der Waals surface area contributed by atoms with Crippen molar-refractivity contribution in [3.63, 3.8) is 0 Å². The molecule has 0 saturated carbocycles. The zero-order valence-electron chi connectivity index (χ0n) is 16.1. The van der Waals surface area contributed by atoms with Gasteiger partial charge < -0.3 is 15.5 Å². The Bertz CT molecular complexity index is 984. The summed E-state index contributed by atoms with van der Waals surface area (Å²) in [5.41, 5.74) is 3.46. The number of nitrogens with zero attached hydrogens (tertiary/aromatic N) is 2. The van der Waals surface area contributed by atoms with Gasteiger partial charge in [0.2, 0.25) is 0 Å². The molecular formula is C23H23FN4O. The van der Waals surface area contributed by atoms with Gasteiger partial charge in [0.15, 0.2) is 0 Å². The van der Waals surface area contributed by atoms with E-state index in [4.69, 9.17) is 0 Å². The first-order chi connectivity index (χ1) is 14.2. The van der Waals surface area contributed by atoms with Gasteiger partial charge in [-0.15, -0.1) is 0 Å². The fourth-order valence-corrected chi connectivity index (χ4v) is 3.47. The maximum Gasteiger partial charge on any atom is 0.274 e. The monoisotopic (exact) mass is 390 g/mol. The summed E-state index contributed by atoms with van der Waals surface area (Å²) < 4.78 is 13.3. The van der Waals surface area contributed by atoms with Crippen LogP contribution in [0.15, 0.2) is 66.9 Å². The quantitative estimate of drug-likeness (QED) is 0.628. The molecule has 1 fully saturated rings. The highest BCUT2D eigenvalue weighted by atomic mass is 19.1. The van der Waals surface area contributed by atoms with Gasteiger partial charge in [0.25, 0.3) is 5.91 Å². The molecule has 5 nitrogen and oxygen atoms in total. The molecule has 3 aromatic rings. The lowest BCUT2D eigenvalue weighted by Crippen LogP contribution is -2.29. The van der Waals surface area contributed by atoms with Gasteiger partial charge in [0.05, 0.1) is 0 Å². The van der Waals surface area contributed by atoms with Gasteiger partial charge in [-0.25, -0.2) is 4.39 Å². The largest absolute Gasteiger partial charge is 0.372 e. The molecule has 1 aliphatic heterocycles. The normalized spacial score (nSPS) is 13.8. The Morgan fingerprint density at radius 2 is 1.66 bits per heavy atom.